The molecule has 0 saturated carbocycles. The van der Waals surface area contributed by atoms with Crippen molar-refractivity contribution in [1.82, 2.24) is 30.2 Å². The van der Waals surface area contributed by atoms with Gasteiger partial charge in [-0.25, -0.2) is 15.4 Å². The second kappa shape index (κ2) is 6.80. The van der Waals surface area contributed by atoms with Crippen LogP contribution < -0.4 is 11.2 Å². The zero-order valence-electron chi connectivity index (χ0n) is 16.5. The average Bonchev–Trinajstić information content (AvgIpc) is 3.34. The number of aromatic nitrogens is 5. The van der Waals surface area contributed by atoms with Gasteiger partial charge in [-0.05, 0) is 18.2 Å². The lowest BCUT2D eigenvalue weighted by atomic mass is 9.94. The van der Waals surface area contributed by atoms with Crippen molar-refractivity contribution in [2.45, 2.75) is 13.3 Å². The van der Waals surface area contributed by atoms with E-state index in [1.54, 1.807) is 17.1 Å². The highest BCUT2D eigenvalue weighted by molar-refractivity contribution is 6.07. The molecule has 1 atom stereocenters. The van der Waals surface area contributed by atoms with Crippen LogP contribution in [-0.4, -0.2) is 36.4 Å². The number of nitrogens with zero attached hydrogens (tertiary/aromatic N) is 5. The van der Waals surface area contributed by atoms with Crippen LogP contribution in [0.2, 0.25) is 0 Å². The van der Waals surface area contributed by atoms with E-state index < -0.39 is 0 Å². The summed E-state index contributed by atoms with van der Waals surface area (Å²) in [7, 11) is 1.87. The van der Waals surface area contributed by atoms with E-state index in [0.29, 0.717) is 18.1 Å². The first-order chi connectivity index (χ1) is 14.5. The molecule has 30 heavy (non-hydrogen) atoms. The van der Waals surface area contributed by atoms with E-state index in [4.69, 9.17) is 10.7 Å². The number of carbonyl (C=O) groups is 1. The molecule has 1 aromatic carbocycles. The summed E-state index contributed by atoms with van der Waals surface area (Å²) >= 11 is 0. The maximum Gasteiger partial charge on any atom is 0.240 e. The number of hydrogen-bond donors (Lipinski definition) is 3. The van der Waals surface area contributed by atoms with Gasteiger partial charge in [0.2, 0.25) is 5.91 Å². The number of H-pyrrole nitrogens is 1. The van der Waals surface area contributed by atoms with Crippen molar-refractivity contribution < 1.29 is 4.79 Å². The molecule has 9 nitrogen and oxygen atoms in total. The lowest BCUT2D eigenvalue weighted by Crippen LogP contribution is -2.31. The highest BCUT2D eigenvalue weighted by Gasteiger charge is 2.22. The third kappa shape index (κ3) is 3.10. The zero-order chi connectivity index (χ0) is 20.8. The van der Waals surface area contributed by atoms with Crippen molar-refractivity contribution in [2.75, 3.05) is 5.73 Å². The quantitative estimate of drug-likeness (QED) is 0.487. The molecule has 4 N–H and O–H groups in total. The number of aromatic amines is 1. The normalized spacial score (nSPS) is 16.5. The summed E-state index contributed by atoms with van der Waals surface area (Å²) in [5, 5.41) is 8.45. The van der Waals surface area contributed by atoms with E-state index in [0.717, 1.165) is 39.0 Å². The van der Waals surface area contributed by atoms with Crippen LogP contribution in [0.5, 0.6) is 0 Å². The Kier molecular flexibility index (Phi) is 4.09. The fourth-order valence-corrected chi connectivity index (χ4v) is 3.69. The summed E-state index contributed by atoms with van der Waals surface area (Å²) in [4.78, 5) is 23.9. The molecule has 0 aliphatic carbocycles. The van der Waals surface area contributed by atoms with Gasteiger partial charge in [0.25, 0.3) is 0 Å². The van der Waals surface area contributed by atoms with Gasteiger partial charge >= 0.3 is 0 Å². The Hall–Kier alpha value is -4.01. The number of pyridine rings is 1. The SMILES string of the molecule is C[C@H]1CC(=O)NN=C1c1ccc2nc(-c3cc(-c4cnn(C)c4)cnc3N)[nH]c2c1. The minimum atomic E-state index is -0.0624. The van der Waals surface area contributed by atoms with Crippen LogP contribution in [0.1, 0.15) is 18.9 Å². The Balaban J connectivity index is 1.55. The summed E-state index contributed by atoms with van der Waals surface area (Å²) in [5.41, 5.74) is 14.8. The first-order valence-corrected chi connectivity index (χ1v) is 9.59. The van der Waals surface area contributed by atoms with Gasteiger partial charge in [-0.2, -0.15) is 10.2 Å². The van der Waals surface area contributed by atoms with E-state index >= 15 is 0 Å². The number of rotatable bonds is 3. The molecule has 3 aromatic heterocycles. The smallest absolute Gasteiger partial charge is 0.240 e. The third-order valence-electron chi connectivity index (χ3n) is 5.25. The van der Waals surface area contributed by atoms with Crippen LogP contribution in [0.3, 0.4) is 0 Å². The highest BCUT2D eigenvalue weighted by Crippen LogP contribution is 2.30. The van der Waals surface area contributed by atoms with Gasteiger partial charge in [0.05, 0.1) is 28.5 Å². The Bertz CT molecular complexity index is 1320. The Morgan fingerprint density at radius 3 is 2.80 bits per heavy atom. The molecule has 1 aliphatic heterocycles. The lowest BCUT2D eigenvalue weighted by molar-refractivity contribution is -0.121. The van der Waals surface area contributed by atoms with Crippen molar-refractivity contribution in [3.05, 3.63) is 48.4 Å². The third-order valence-corrected chi connectivity index (χ3v) is 5.25. The fraction of sp³-hybridized carbons (Fsp3) is 0.190. The maximum absolute atomic E-state index is 11.5. The van der Waals surface area contributed by atoms with Gasteiger partial charge < -0.3 is 10.7 Å². The van der Waals surface area contributed by atoms with Crippen molar-refractivity contribution in [1.29, 1.82) is 0 Å². The zero-order valence-corrected chi connectivity index (χ0v) is 16.5. The van der Waals surface area contributed by atoms with E-state index in [1.807, 2.05) is 44.4 Å². The second-order valence-corrected chi connectivity index (χ2v) is 7.51. The number of anilines is 1. The van der Waals surface area contributed by atoms with Crippen molar-refractivity contribution in [3.63, 3.8) is 0 Å². The van der Waals surface area contributed by atoms with E-state index in [-0.39, 0.29) is 11.8 Å². The topological polar surface area (TPSA) is 127 Å². The number of hydrazone groups is 1. The molecule has 1 amide bonds. The largest absolute Gasteiger partial charge is 0.383 e. The van der Waals surface area contributed by atoms with Crippen LogP contribution in [0.25, 0.3) is 33.5 Å². The van der Waals surface area contributed by atoms with Gasteiger partial charge in [0.15, 0.2) is 0 Å². The van der Waals surface area contributed by atoms with Crippen molar-refractivity contribution >= 4 is 28.5 Å². The average molecular weight is 400 g/mol. The molecular weight excluding hydrogens is 380 g/mol. The van der Waals surface area contributed by atoms with Gasteiger partial charge in [-0.15, -0.1) is 0 Å². The van der Waals surface area contributed by atoms with Crippen LogP contribution in [0, 0.1) is 5.92 Å². The fourth-order valence-electron chi connectivity index (χ4n) is 3.69. The van der Waals surface area contributed by atoms with Gasteiger partial charge in [0.1, 0.15) is 11.6 Å². The first-order valence-electron chi connectivity index (χ1n) is 9.59. The maximum atomic E-state index is 11.5. The van der Waals surface area contributed by atoms with E-state index in [9.17, 15) is 4.79 Å². The number of carbonyl (C=O) groups excluding carboxylic acids is 1. The highest BCUT2D eigenvalue weighted by atomic mass is 16.2. The number of aryl methyl sites for hydroxylation is 1. The molecule has 5 rings (SSSR count). The minimum Gasteiger partial charge on any atom is -0.383 e. The number of nitrogens with one attached hydrogen (secondary N) is 2. The molecule has 4 heterocycles. The molecule has 9 heteroatoms. The van der Waals surface area contributed by atoms with Gasteiger partial charge in [0, 0.05) is 48.5 Å². The van der Waals surface area contributed by atoms with Crippen molar-refractivity contribution in [3.8, 4) is 22.5 Å². The number of benzene rings is 1. The molecule has 1 aliphatic rings. The van der Waals surface area contributed by atoms with Crippen LogP contribution in [-0.2, 0) is 11.8 Å². The molecule has 150 valence electrons. The summed E-state index contributed by atoms with van der Waals surface area (Å²) in [6, 6.07) is 7.85. The Labute approximate surface area is 172 Å². The number of fused-ring (bicyclic) bond motifs is 1. The van der Waals surface area contributed by atoms with E-state index in [1.165, 1.54) is 0 Å². The predicted molar refractivity (Wildman–Crippen MR) is 114 cm³/mol. The molecular formula is C21H20N8O. The summed E-state index contributed by atoms with van der Waals surface area (Å²) < 4.78 is 1.74. The Morgan fingerprint density at radius 2 is 2.03 bits per heavy atom. The van der Waals surface area contributed by atoms with Crippen LogP contribution in [0.15, 0.2) is 48.0 Å². The molecule has 0 saturated heterocycles. The minimum absolute atomic E-state index is 0.0506. The molecule has 0 radical (unpaired) electrons. The van der Waals surface area contributed by atoms with Crippen LogP contribution in [0.4, 0.5) is 5.82 Å². The van der Waals surface area contributed by atoms with E-state index in [2.05, 4.69) is 25.6 Å². The summed E-state index contributed by atoms with van der Waals surface area (Å²) in [6.07, 6.45) is 5.86. The monoisotopic (exact) mass is 400 g/mol. The van der Waals surface area contributed by atoms with Gasteiger partial charge in [-0.1, -0.05) is 13.0 Å². The Morgan fingerprint density at radius 1 is 1.17 bits per heavy atom. The second-order valence-electron chi connectivity index (χ2n) is 7.51. The first kappa shape index (κ1) is 18.0. The number of amides is 1. The predicted octanol–water partition coefficient (Wildman–Crippen LogP) is 2.47. The van der Waals surface area contributed by atoms with Gasteiger partial charge in [-0.3, -0.25) is 9.48 Å². The molecule has 0 bridgehead atoms. The lowest BCUT2D eigenvalue weighted by Gasteiger charge is -2.18. The summed E-state index contributed by atoms with van der Waals surface area (Å²) in [6.45, 7) is 2.00. The van der Waals surface area contributed by atoms with Crippen molar-refractivity contribution in [2.24, 2.45) is 18.1 Å². The molecule has 0 spiro atoms. The molecule has 0 unspecified atom stereocenters. The summed E-state index contributed by atoms with van der Waals surface area (Å²) in [5.74, 6) is 1.03. The molecule has 4 aromatic rings. The standard InChI is InChI=1S/C21H20N8O/c1-11-5-18(30)27-28-19(11)12-3-4-16-17(7-12)26-21(25-16)15-6-13(8-23-20(15)22)14-9-24-29(2)10-14/h3-4,6-11H,5H2,1-2H3,(H2,22,23)(H,25,26)(H,27,30)/t11-/m0/s1. The molecule has 0 fully saturated rings. The van der Waals surface area contributed by atoms with Crippen LogP contribution >= 0.6 is 0 Å². The number of nitrogens with two attached hydrogens (primary N) is 1. The number of imidazole rings is 1. The number of hydrogen-bond acceptors (Lipinski definition) is 6. The number of nitrogen functional groups attached to an aromatic ring is 1.